The molecule has 3 rings (SSSR count). The van der Waals surface area contributed by atoms with E-state index in [1.165, 1.54) is 0 Å². The third kappa shape index (κ3) is 4.63. The van der Waals surface area contributed by atoms with Crippen LogP contribution in [0.4, 0.5) is 0 Å². The Hall–Kier alpha value is -2.28. The van der Waals surface area contributed by atoms with E-state index in [0.29, 0.717) is 25.1 Å². The number of carbonyl (C=O) groups excluding carboxylic acids is 1. The van der Waals surface area contributed by atoms with Crippen molar-refractivity contribution in [1.82, 2.24) is 15.2 Å². The van der Waals surface area contributed by atoms with Crippen LogP contribution in [0.25, 0.3) is 0 Å². The quantitative estimate of drug-likeness (QED) is 0.754. The SMILES string of the molecule is O=C(N[C@@H]1CCN(Cc2ccccn2)C[C@H]1O)c1ccc(CO)cc1. The molecule has 2 aromatic rings. The van der Waals surface area contributed by atoms with E-state index in [-0.39, 0.29) is 18.6 Å². The van der Waals surface area contributed by atoms with E-state index >= 15 is 0 Å². The zero-order valence-corrected chi connectivity index (χ0v) is 14.0. The van der Waals surface area contributed by atoms with E-state index < -0.39 is 6.10 Å². The Morgan fingerprint density at radius 2 is 2.04 bits per heavy atom. The second kappa shape index (κ2) is 8.20. The number of hydrogen-bond acceptors (Lipinski definition) is 5. The number of likely N-dealkylation sites (tertiary alicyclic amines) is 1. The summed E-state index contributed by atoms with van der Waals surface area (Å²) in [5.41, 5.74) is 2.26. The van der Waals surface area contributed by atoms with E-state index in [2.05, 4.69) is 15.2 Å². The fourth-order valence-electron chi connectivity index (χ4n) is 3.04. The van der Waals surface area contributed by atoms with Crippen LogP contribution in [0.3, 0.4) is 0 Å². The van der Waals surface area contributed by atoms with Crippen molar-refractivity contribution in [2.45, 2.75) is 31.7 Å². The van der Waals surface area contributed by atoms with Crippen molar-refractivity contribution in [3.05, 3.63) is 65.5 Å². The molecule has 1 aromatic heterocycles. The van der Waals surface area contributed by atoms with Gasteiger partial charge in [0.15, 0.2) is 0 Å². The van der Waals surface area contributed by atoms with Gasteiger partial charge in [0, 0.05) is 31.4 Å². The number of aliphatic hydroxyl groups is 2. The zero-order valence-electron chi connectivity index (χ0n) is 14.0. The normalized spacial score (nSPS) is 21.0. The summed E-state index contributed by atoms with van der Waals surface area (Å²) in [6.45, 7) is 1.95. The third-order valence-corrected chi connectivity index (χ3v) is 4.49. The molecule has 0 saturated carbocycles. The summed E-state index contributed by atoms with van der Waals surface area (Å²) < 4.78 is 0. The van der Waals surface area contributed by atoms with Gasteiger partial charge in [0.1, 0.15) is 0 Å². The first-order chi connectivity index (χ1) is 12.2. The van der Waals surface area contributed by atoms with Crippen molar-refractivity contribution in [2.24, 2.45) is 0 Å². The Kier molecular flexibility index (Phi) is 5.75. The molecule has 1 aromatic carbocycles. The highest BCUT2D eigenvalue weighted by atomic mass is 16.3. The van der Waals surface area contributed by atoms with Gasteiger partial charge in [-0.15, -0.1) is 0 Å². The van der Waals surface area contributed by atoms with Crippen LogP contribution >= 0.6 is 0 Å². The lowest BCUT2D eigenvalue weighted by Crippen LogP contribution is -2.53. The van der Waals surface area contributed by atoms with Gasteiger partial charge in [-0.2, -0.15) is 0 Å². The number of amides is 1. The van der Waals surface area contributed by atoms with Crippen molar-refractivity contribution < 1.29 is 15.0 Å². The van der Waals surface area contributed by atoms with Gasteiger partial charge in [-0.05, 0) is 36.2 Å². The predicted molar refractivity (Wildman–Crippen MR) is 93.8 cm³/mol. The second-order valence-corrected chi connectivity index (χ2v) is 6.35. The molecule has 1 fully saturated rings. The molecule has 1 saturated heterocycles. The number of nitrogens with zero attached hydrogens (tertiary/aromatic N) is 2. The second-order valence-electron chi connectivity index (χ2n) is 6.35. The number of benzene rings is 1. The number of β-amino-alcohol motifs (C(OH)–C–C–N with tert-alkyl or cyclic N) is 1. The van der Waals surface area contributed by atoms with Crippen LogP contribution in [0.5, 0.6) is 0 Å². The van der Waals surface area contributed by atoms with Gasteiger partial charge < -0.3 is 15.5 Å². The van der Waals surface area contributed by atoms with Crippen LogP contribution in [0.15, 0.2) is 48.7 Å². The van der Waals surface area contributed by atoms with Gasteiger partial charge in [0.05, 0.1) is 24.4 Å². The number of aromatic nitrogens is 1. The summed E-state index contributed by atoms with van der Waals surface area (Å²) in [7, 11) is 0. The van der Waals surface area contributed by atoms with Crippen LogP contribution in [-0.2, 0) is 13.2 Å². The highest BCUT2D eigenvalue weighted by Gasteiger charge is 2.29. The summed E-state index contributed by atoms with van der Waals surface area (Å²) in [6, 6.07) is 12.4. The topological polar surface area (TPSA) is 85.7 Å². The molecule has 0 spiro atoms. The lowest BCUT2D eigenvalue weighted by molar-refractivity contribution is 0.0345. The van der Waals surface area contributed by atoms with E-state index in [4.69, 9.17) is 5.11 Å². The molecule has 6 nitrogen and oxygen atoms in total. The van der Waals surface area contributed by atoms with Gasteiger partial charge in [-0.3, -0.25) is 14.7 Å². The molecule has 3 N–H and O–H groups in total. The number of hydrogen-bond donors (Lipinski definition) is 3. The smallest absolute Gasteiger partial charge is 0.251 e. The molecule has 0 bridgehead atoms. The van der Waals surface area contributed by atoms with E-state index in [0.717, 1.165) is 17.8 Å². The summed E-state index contributed by atoms with van der Waals surface area (Å²) in [4.78, 5) is 18.8. The number of rotatable bonds is 5. The van der Waals surface area contributed by atoms with Crippen LogP contribution < -0.4 is 5.32 Å². The highest BCUT2D eigenvalue weighted by Crippen LogP contribution is 2.15. The minimum absolute atomic E-state index is 0.0463. The van der Waals surface area contributed by atoms with Crippen molar-refractivity contribution >= 4 is 5.91 Å². The Morgan fingerprint density at radius 3 is 2.68 bits per heavy atom. The van der Waals surface area contributed by atoms with Crippen molar-refractivity contribution in [3.63, 3.8) is 0 Å². The molecular formula is C19H23N3O3. The van der Waals surface area contributed by atoms with Crippen LogP contribution in [0, 0.1) is 0 Å². The number of nitrogens with one attached hydrogen (secondary N) is 1. The van der Waals surface area contributed by atoms with Crippen molar-refractivity contribution in [3.8, 4) is 0 Å². The Morgan fingerprint density at radius 1 is 1.24 bits per heavy atom. The first-order valence-electron chi connectivity index (χ1n) is 8.46. The molecule has 0 aliphatic carbocycles. The fraction of sp³-hybridized carbons (Fsp3) is 0.368. The Bertz CT molecular complexity index is 691. The molecule has 2 atom stereocenters. The van der Waals surface area contributed by atoms with Crippen molar-refractivity contribution in [1.29, 1.82) is 0 Å². The van der Waals surface area contributed by atoms with Crippen LogP contribution in [0.1, 0.15) is 28.0 Å². The molecule has 0 unspecified atom stereocenters. The van der Waals surface area contributed by atoms with Crippen molar-refractivity contribution in [2.75, 3.05) is 13.1 Å². The maximum Gasteiger partial charge on any atom is 0.251 e. The highest BCUT2D eigenvalue weighted by molar-refractivity contribution is 5.94. The number of pyridine rings is 1. The van der Waals surface area contributed by atoms with Gasteiger partial charge in [0.25, 0.3) is 5.91 Å². The van der Waals surface area contributed by atoms with Crippen LogP contribution in [0.2, 0.25) is 0 Å². The Balaban J connectivity index is 1.53. The average Bonchev–Trinajstić information content (AvgIpc) is 2.65. The van der Waals surface area contributed by atoms with Gasteiger partial charge in [-0.25, -0.2) is 0 Å². The fourth-order valence-corrected chi connectivity index (χ4v) is 3.04. The monoisotopic (exact) mass is 341 g/mol. The molecule has 132 valence electrons. The molecular weight excluding hydrogens is 318 g/mol. The minimum atomic E-state index is -0.613. The molecule has 1 aliphatic heterocycles. The number of piperidine rings is 1. The summed E-state index contributed by atoms with van der Waals surface area (Å²) in [6.07, 6.45) is 1.84. The zero-order chi connectivity index (χ0) is 17.6. The van der Waals surface area contributed by atoms with Crippen LogP contribution in [-0.4, -0.2) is 51.2 Å². The summed E-state index contributed by atoms with van der Waals surface area (Å²) >= 11 is 0. The summed E-state index contributed by atoms with van der Waals surface area (Å²) in [5.74, 6) is -0.202. The standard InChI is InChI=1S/C19H23N3O3/c23-13-14-4-6-15(7-5-14)19(25)21-17-8-10-22(12-18(17)24)11-16-3-1-2-9-20-16/h1-7,9,17-18,23-24H,8,10-13H2,(H,21,25)/t17-,18-/m1/s1. The van der Waals surface area contributed by atoms with Gasteiger partial charge >= 0.3 is 0 Å². The average molecular weight is 341 g/mol. The molecule has 0 radical (unpaired) electrons. The minimum Gasteiger partial charge on any atom is -0.392 e. The lowest BCUT2D eigenvalue weighted by Gasteiger charge is -2.36. The molecule has 2 heterocycles. The third-order valence-electron chi connectivity index (χ3n) is 4.49. The lowest BCUT2D eigenvalue weighted by atomic mass is 10.0. The molecule has 1 amide bonds. The predicted octanol–water partition coefficient (Wildman–Crippen LogP) is 0.939. The van der Waals surface area contributed by atoms with Gasteiger partial charge in [0.2, 0.25) is 0 Å². The van der Waals surface area contributed by atoms with E-state index in [1.807, 2.05) is 18.2 Å². The maximum absolute atomic E-state index is 12.3. The number of carbonyl (C=O) groups is 1. The first-order valence-corrected chi connectivity index (χ1v) is 8.46. The van der Waals surface area contributed by atoms with Gasteiger partial charge in [-0.1, -0.05) is 18.2 Å². The molecule has 6 heteroatoms. The Labute approximate surface area is 147 Å². The van der Waals surface area contributed by atoms with E-state index in [1.54, 1.807) is 30.5 Å². The maximum atomic E-state index is 12.3. The molecule has 25 heavy (non-hydrogen) atoms. The largest absolute Gasteiger partial charge is 0.392 e. The number of aliphatic hydroxyl groups excluding tert-OH is 2. The molecule has 1 aliphatic rings. The summed E-state index contributed by atoms with van der Waals surface area (Å²) in [5, 5.41) is 22.3. The first kappa shape index (κ1) is 17.5. The van der Waals surface area contributed by atoms with E-state index in [9.17, 15) is 9.90 Å².